The first-order valence-corrected chi connectivity index (χ1v) is 7.14. The molecule has 2 rings (SSSR count). The molecule has 0 heterocycles. The maximum Gasteiger partial charge on any atom is 0.119 e. The predicted octanol–water partition coefficient (Wildman–Crippen LogP) is 4.50. The molecule has 0 saturated heterocycles. The lowest BCUT2D eigenvalue weighted by Crippen LogP contribution is -2.04. The van der Waals surface area contributed by atoms with Crippen molar-refractivity contribution < 1.29 is 9.84 Å². The zero-order valence-corrected chi connectivity index (χ0v) is 12.7. The normalized spacial score (nSPS) is 12.2. The highest BCUT2D eigenvalue weighted by Crippen LogP contribution is 2.26. The summed E-state index contributed by atoms with van der Waals surface area (Å²) in [5.41, 5.74) is 1.85. The number of benzene rings is 2. The van der Waals surface area contributed by atoms with Crippen molar-refractivity contribution in [3.63, 3.8) is 0 Å². The quantitative estimate of drug-likeness (QED) is 0.881. The van der Waals surface area contributed by atoms with E-state index in [4.69, 9.17) is 27.9 Å². The van der Waals surface area contributed by atoms with Crippen LogP contribution in [-0.2, 0) is 13.0 Å². The summed E-state index contributed by atoms with van der Waals surface area (Å²) < 4.78 is 5.68. The van der Waals surface area contributed by atoms with E-state index in [9.17, 15) is 5.11 Å². The van der Waals surface area contributed by atoms with Crippen molar-refractivity contribution in [3.05, 3.63) is 63.6 Å². The standard InChI is InChI=1S/C16H16Cl2O2/c1-11(19)9-12-5-7-13(8-6-12)20-10-14-15(17)3-2-4-16(14)18/h2-8,11,19H,9-10H2,1H3. The zero-order chi connectivity index (χ0) is 14.5. The lowest BCUT2D eigenvalue weighted by Gasteiger charge is -2.10. The van der Waals surface area contributed by atoms with E-state index in [1.165, 1.54) is 0 Å². The second kappa shape index (κ2) is 6.98. The number of aliphatic hydroxyl groups is 1. The Bertz CT molecular complexity index is 545. The molecule has 0 aromatic heterocycles. The fourth-order valence-electron chi connectivity index (χ4n) is 1.89. The van der Waals surface area contributed by atoms with Crippen molar-refractivity contribution in [3.8, 4) is 5.75 Å². The molecule has 0 aliphatic heterocycles. The van der Waals surface area contributed by atoms with Crippen molar-refractivity contribution in [1.82, 2.24) is 0 Å². The van der Waals surface area contributed by atoms with Crippen LogP contribution in [0.25, 0.3) is 0 Å². The monoisotopic (exact) mass is 310 g/mol. The molecule has 2 aromatic carbocycles. The second-order valence-electron chi connectivity index (χ2n) is 4.69. The number of halogens is 2. The summed E-state index contributed by atoms with van der Waals surface area (Å²) in [5.74, 6) is 0.746. The van der Waals surface area contributed by atoms with Gasteiger partial charge in [-0.3, -0.25) is 0 Å². The Morgan fingerprint density at radius 2 is 1.65 bits per heavy atom. The van der Waals surface area contributed by atoms with Crippen molar-refractivity contribution in [1.29, 1.82) is 0 Å². The van der Waals surface area contributed by atoms with Crippen molar-refractivity contribution in [2.45, 2.75) is 26.1 Å². The first-order chi connectivity index (χ1) is 9.56. The fourth-order valence-corrected chi connectivity index (χ4v) is 2.40. The summed E-state index contributed by atoms with van der Waals surface area (Å²) in [7, 11) is 0. The van der Waals surface area contributed by atoms with Crippen LogP contribution in [0.3, 0.4) is 0 Å². The molecule has 1 atom stereocenters. The maximum absolute atomic E-state index is 9.33. The van der Waals surface area contributed by atoms with Crippen LogP contribution < -0.4 is 4.74 Å². The van der Waals surface area contributed by atoms with E-state index in [2.05, 4.69) is 0 Å². The number of ether oxygens (including phenoxy) is 1. The summed E-state index contributed by atoms with van der Waals surface area (Å²) in [4.78, 5) is 0. The Labute approximate surface area is 128 Å². The minimum atomic E-state index is -0.344. The molecule has 0 saturated carbocycles. The van der Waals surface area contributed by atoms with Gasteiger partial charge in [0.15, 0.2) is 0 Å². The highest BCUT2D eigenvalue weighted by atomic mass is 35.5. The van der Waals surface area contributed by atoms with Gasteiger partial charge in [0.1, 0.15) is 12.4 Å². The Morgan fingerprint density at radius 3 is 2.20 bits per heavy atom. The zero-order valence-electron chi connectivity index (χ0n) is 11.1. The Morgan fingerprint density at radius 1 is 1.05 bits per heavy atom. The minimum absolute atomic E-state index is 0.328. The molecule has 20 heavy (non-hydrogen) atoms. The Balaban J connectivity index is 2.00. The lowest BCUT2D eigenvalue weighted by atomic mass is 10.1. The van der Waals surface area contributed by atoms with E-state index in [1.807, 2.05) is 24.3 Å². The van der Waals surface area contributed by atoms with Crippen LogP contribution in [0.2, 0.25) is 10.0 Å². The van der Waals surface area contributed by atoms with Gasteiger partial charge in [0.05, 0.1) is 6.10 Å². The third-order valence-electron chi connectivity index (χ3n) is 2.90. The van der Waals surface area contributed by atoms with Crippen LogP contribution in [0.15, 0.2) is 42.5 Å². The number of aliphatic hydroxyl groups excluding tert-OH is 1. The molecule has 0 spiro atoms. The molecule has 1 N–H and O–H groups in total. The summed E-state index contributed by atoms with van der Waals surface area (Å²) in [6, 6.07) is 13.0. The van der Waals surface area contributed by atoms with Crippen LogP contribution in [0.4, 0.5) is 0 Å². The minimum Gasteiger partial charge on any atom is -0.489 e. The van der Waals surface area contributed by atoms with Crippen molar-refractivity contribution >= 4 is 23.2 Å². The van der Waals surface area contributed by atoms with Gasteiger partial charge >= 0.3 is 0 Å². The lowest BCUT2D eigenvalue weighted by molar-refractivity contribution is 0.195. The van der Waals surface area contributed by atoms with Gasteiger partial charge < -0.3 is 9.84 Å². The van der Waals surface area contributed by atoms with Crippen molar-refractivity contribution in [2.75, 3.05) is 0 Å². The van der Waals surface area contributed by atoms with Crippen LogP contribution in [0.1, 0.15) is 18.1 Å². The van der Waals surface area contributed by atoms with E-state index in [1.54, 1.807) is 25.1 Å². The van der Waals surface area contributed by atoms with Gasteiger partial charge in [0.2, 0.25) is 0 Å². The van der Waals surface area contributed by atoms with Crippen LogP contribution in [-0.4, -0.2) is 11.2 Å². The molecule has 0 fully saturated rings. The average Bonchev–Trinajstić information content (AvgIpc) is 2.39. The van der Waals surface area contributed by atoms with E-state index < -0.39 is 0 Å². The molecule has 0 amide bonds. The van der Waals surface area contributed by atoms with Crippen molar-refractivity contribution in [2.24, 2.45) is 0 Å². The van der Waals surface area contributed by atoms with Gasteiger partial charge in [-0.25, -0.2) is 0 Å². The molecule has 0 radical (unpaired) electrons. The number of hydrogen-bond donors (Lipinski definition) is 1. The highest BCUT2D eigenvalue weighted by Gasteiger charge is 2.06. The summed E-state index contributed by atoms with van der Waals surface area (Å²) >= 11 is 12.2. The summed E-state index contributed by atoms with van der Waals surface area (Å²) in [6.07, 6.45) is 0.292. The van der Waals surface area contributed by atoms with Gasteiger partial charge in [0, 0.05) is 15.6 Å². The number of hydrogen-bond acceptors (Lipinski definition) is 2. The molecule has 106 valence electrons. The molecule has 2 nitrogen and oxygen atoms in total. The molecule has 4 heteroatoms. The molecule has 1 unspecified atom stereocenters. The molecule has 2 aromatic rings. The first kappa shape index (κ1) is 15.2. The van der Waals surface area contributed by atoms with E-state index in [0.717, 1.165) is 16.9 Å². The van der Waals surface area contributed by atoms with Gasteiger partial charge in [-0.1, -0.05) is 41.4 Å². The van der Waals surface area contributed by atoms with Gasteiger partial charge in [0.25, 0.3) is 0 Å². The molecular weight excluding hydrogens is 295 g/mol. The molecule has 0 aliphatic carbocycles. The molecule has 0 bridgehead atoms. The van der Waals surface area contributed by atoms with Gasteiger partial charge in [-0.05, 0) is 43.2 Å². The fraction of sp³-hybridized carbons (Fsp3) is 0.250. The third kappa shape index (κ3) is 4.14. The molecule has 0 aliphatic rings. The molecular formula is C16H16Cl2O2. The van der Waals surface area contributed by atoms with E-state index in [-0.39, 0.29) is 6.10 Å². The topological polar surface area (TPSA) is 29.5 Å². The predicted molar refractivity (Wildman–Crippen MR) is 82.6 cm³/mol. The largest absolute Gasteiger partial charge is 0.489 e. The van der Waals surface area contributed by atoms with Gasteiger partial charge in [-0.15, -0.1) is 0 Å². The summed E-state index contributed by atoms with van der Waals surface area (Å²) in [5, 5.41) is 10.5. The summed E-state index contributed by atoms with van der Waals surface area (Å²) in [6.45, 7) is 2.10. The highest BCUT2D eigenvalue weighted by molar-refractivity contribution is 6.35. The Hall–Kier alpha value is -1.22. The van der Waals surface area contributed by atoms with Crippen LogP contribution in [0.5, 0.6) is 5.75 Å². The average molecular weight is 311 g/mol. The van der Waals surface area contributed by atoms with Gasteiger partial charge in [-0.2, -0.15) is 0 Å². The second-order valence-corrected chi connectivity index (χ2v) is 5.50. The van der Waals surface area contributed by atoms with Crippen LogP contribution in [0, 0.1) is 0 Å². The maximum atomic E-state index is 9.33. The first-order valence-electron chi connectivity index (χ1n) is 6.39. The van der Waals surface area contributed by atoms with E-state index in [0.29, 0.717) is 23.1 Å². The SMILES string of the molecule is CC(O)Cc1ccc(OCc2c(Cl)cccc2Cl)cc1. The van der Waals surface area contributed by atoms with E-state index >= 15 is 0 Å². The smallest absolute Gasteiger partial charge is 0.119 e. The number of rotatable bonds is 5. The Kier molecular flexibility index (Phi) is 5.30. The van der Waals surface area contributed by atoms with Crippen LogP contribution >= 0.6 is 23.2 Å². The third-order valence-corrected chi connectivity index (χ3v) is 3.61.